The fraction of sp³-hybridized carbons (Fsp3) is 0.364. The van der Waals surface area contributed by atoms with Crippen molar-refractivity contribution in [3.05, 3.63) is 54.1 Å². The molecule has 0 aliphatic carbocycles. The summed E-state index contributed by atoms with van der Waals surface area (Å²) >= 11 is 1.59. The van der Waals surface area contributed by atoms with Gasteiger partial charge in [0.05, 0.1) is 12.7 Å². The van der Waals surface area contributed by atoms with Crippen LogP contribution < -0.4 is 15.5 Å². The summed E-state index contributed by atoms with van der Waals surface area (Å²) in [5, 5.41) is 5.94. The highest BCUT2D eigenvalue weighted by molar-refractivity contribution is 7.98. The maximum atomic E-state index is 12.5. The standard InChI is InChI=1S/C22H29N3O2S/c1-5-16(2)17-10-6-7-11-18(17)23-21(26)14-25(3)15-22(27)24-19-12-8-9-13-20(19)28-4/h6-13,16H,5,14-15H2,1-4H3,(H,23,26)(H,24,27)/p+1/t16-/m0/s1. The van der Waals surface area contributed by atoms with Crippen molar-refractivity contribution in [3.8, 4) is 0 Å². The molecule has 1 unspecified atom stereocenters. The Morgan fingerprint density at radius 2 is 1.50 bits per heavy atom. The van der Waals surface area contributed by atoms with Crippen LogP contribution in [0.2, 0.25) is 0 Å². The molecule has 0 aliphatic rings. The number of benzene rings is 2. The summed E-state index contributed by atoms with van der Waals surface area (Å²) in [5.74, 6) is 0.182. The van der Waals surface area contributed by atoms with Crippen LogP contribution in [0.15, 0.2) is 53.4 Å². The van der Waals surface area contributed by atoms with Gasteiger partial charge in [-0.2, -0.15) is 0 Å². The van der Waals surface area contributed by atoms with Gasteiger partial charge < -0.3 is 15.5 Å². The summed E-state index contributed by atoms with van der Waals surface area (Å²) in [6, 6.07) is 15.6. The van der Waals surface area contributed by atoms with Gasteiger partial charge in [-0.1, -0.05) is 44.2 Å². The van der Waals surface area contributed by atoms with Crippen molar-refractivity contribution >= 4 is 35.0 Å². The Balaban J connectivity index is 1.90. The molecule has 2 rings (SSSR count). The van der Waals surface area contributed by atoms with Crippen LogP contribution in [0.25, 0.3) is 0 Å². The first-order chi connectivity index (χ1) is 13.4. The second kappa shape index (κ2) is 10.9. The van der Waals surface area contributed by atoms with E-state index in [9.17, 15) is 9.59 Å². The van der Waals surface area contributed by atoms with Crippen LogP contribution in [0, 0.1) is 0 Å². The molecule has 0 saturated heterocycles. The molecular weight excluding hydrogens is 370 g/mol. The highest BCUT2D eigenvalue weighted by atomic mass is 32.2. The monoisotopic (exact) mass is 400 g/mol. The maximum Gasteiger partial charge on any atom is 0.279 e. The first-order valence-electron chi connectivity index (χ1n) is 9.57. The van der Waals surface area contributed by atoms with E-state index in [0.717, 1.165) is 33.2 Å². The van der Waals surface area contributed by atoms with Crippen molar-refractivity contribution < 1.29 is 14.5 Å². The van der Waals surface area contributed by atoms with Crippen molar-refractivity contribution in [1.29, 1.82) is 0 Å². The summed E-state index contributed by atoms with van der Waals surface area (Å²) in [7, 11) is 1.85. The van der Waals surface area contributed by atoms with Gasteiger partial charge in [-0.3, -0.25) is 9.59 Å². The highest BCUT2D eigenvalue weighted by Gasteiger charge is 2.17. The summed E-state index contributed by atoms with van der Waals surface area (Å²) in [4.78, 5) is 26.7. The van der Waals surface area contributed by atoms with Gasteiger partial charge in [0.2, 0.25) is 0 Å². The van der Waals surface area contributed by atoms with Crippen LogP contribution in [-0.2, 0) is 9.59 Å². The smallest absolute Gasteiger partial charge is 0.279 e. The molecule has 0 heterocycles. The molecule has 2 aromatic carbocycles. The van der Waals surface area contributed by atoms with Gasteiger partial charge in [-0.15, -0.1) is 11.8 Å². The van der Waals surface area contributed by atoms with Crippen LogP contribution in [0.1, 0.15) is 31.7 Å². The molecule has 2 amide bonds. The Morgan fingerprint density at radius 3 is 2.11 bits per heavy atom. The number of hydrogen-bond acceptors (Lipinski definition) is 3. The number of thioether (sulfide) groups is 1. The molecule has 150 valence electrons. The molecule has 6 heteroatoms. The predicted octanol–water partition coefficient (Wildman–Crippen LogP) is 3.01. The van der Waals surface area contributed by atoms with Crippen LogP contribution in [0.4, 0.5) is 11.4 Å². The van der Waals surface area contributed by atoms with E-state index in [4.69, 9.17) is 0 Å². The third kappa shape index (κ3) is 6.39. The van der Waals surface area contributed by atoms with Crippen molar-refractivity contribution in [2.45, 2.75) is 31.1 Å². The zero-order chi connectivity index (χ0) is 20.5. The van der Waals surface area contributed by atoms with Gasteiger partial charge in [-0.25, -0.2) is 0 Å². The predicted molar refractivity (Wildman–Crippen MR) is 117 cm³/mol. The van der Waals surface area contributed by atoms with E-state index in [1.807, 2.05) is 55.8 Å². The molecule has 0 saturated carbocycles. The van der Waals surface area contributed by atoms with Crippen molar-refractivity contribution in [3.63, 3.8) is 0 Å². The Hall–Kier alpha value is -2.31. The number of rotatable bonds is 9. The third-order valence-corrected chi connectivity index (χ3v) is 5.48. The number of carbonyl (C=O) groups is 2. The van der Waals surface area contributed by atoms with Crippen LogP contribution in [0.5, 0.6) is 0 Å². The topological polar surface area (TPSA) is 62.6 Å². The zero-order valence-corrected chi connectivity index (χ0v) is 17.9. The van der Waals surface area contributed by atoms with Gasteiger partial charge in [0.25, 0.3) is 11.8 Å². The minimum absolute atomic E-state index is 0.0921. The molecule has 0 aromatic heterocycles. The molecule has 2 aromatic rings. The van der Waals surface area contributed by atoms with E-state index >= 15 is 0 Å². The minimum Gasteiger partial charge on any atom is -0.322 e. The lowest BCUT2D eigenvalue weighted by molar-refractivity contribution is -0.862. The average molecular weight is 401 g/mol. The highest BCUT2D eigenvalue weighted by Crippen LogP contribution is 2.26. The molecular formula is C22H30N3O2S+. The van der Waals surface area contributed by atoms with E-state index in [-0.39, 0.29) is 24.9 Å². The third-order valence-electron chi connectivity index (χ3n) is 4.68. The molecule has 0 radical (unpaired) electrons. The first kappa shape index (κ1) is 22.0. The maximum absolute atomic E-state index is 12.5. The number of para-hydroxylation sites is 2. The van der Waals surface area contributed by atoms with Gasteiger partial charge >= 0.3 is 0 Å². The lowest BCUT2D eigenvalue weighted by Crippen LogP contribution is -3.11. The summed E-state index contributed by atoms with van der Waals surface area (Å²) in [6.45, 7) is 4.74. The number of hydrogen-bond donors (Lipinski definition) is 3. The molecule has 0 spiro atoms. The van der Waals surface area contributed by atoms with Crippen molar-refractivity contribution in [2.75, 3.05) is 37.0 Å². The molecule has 0 fully saturated rings. The quantitative estimate of drug-likeness (QED) is 0.567. The van der Waals surface area contributed by atoms with Crippen molar-refractivity contribution in [1.82, 2.24) is 0 Å². The first-order valence-corrected chi connectivity index (χ1v) is 10.8. The minimum atomic E-state index is -0.105. The Labute approximate surface area is 171 Å². The van der Waals surface area contributed by atoms with Crippen LogP contribution in [-0.4, -0.2) is 38.2 Å². The Morgan fingerprint density at radius 1 is 0.964 bits per heavy atom. The number of carbonyl (C=O) groups excluding carboxylic acids is 2. The SMILES string of the molecule is CC[C@H](C)c1ccccc1NC(=O)C[NH+](C)CC(=O)Nc1ccccc1SC. The molecule has 5 nitrogen and oxygen atoms in total. The molecule has 28 heavy (non-hydrogen) atoms. The van der Waals surface area contributed by atoms with E-state index in [2.05, 4.69) is 30.5 Å². The molecule has 3 N–H and O–H groups in total. The second-order valence-corrected chi connectivity index (χ2v) is 7.85. The fourth-order valence-electron chi connectivity index (χ4n) is 3.01. The van der Waals surface area contributed by atoms with Gasteiger partial charge in [0.15, 0.2) is 13.1 Å². The largest absolute Gasteiger partial charge is 0.322 e. The number of likely N-dealkylation sites (N-methyl/N-ethyl adjacent to an activating group) is 1. The number of anilines is 2. The number of quaternary nitrogens is 1. The Kier molecular flexibility index (Phi) is 8.54. The van der Waals surface area contributed by atoms with Gasteiger partial charge in [0.1, 0.15) is 0 Å². The van der Waals surface area contributed by atoms with Crippen molar-refractivity contribution in [2.24, 2.45) is 0 Å². The second-order valence-electron chi connectivity index (χ2n) is 7.00. The van der Waals surface area contributed by atoms with E-state index in [1.165, 1.54) is 0 Å². The van der Waals surface area contributed by atoms with E-state index < -0.39 is 0 Å². The van der Waals surface area contributed by atoms with Crippen LogP contribution >= 0.6 is 11.8 Å². The van der Waals surface area contributed by atoms with E-state index in [0.29, 0.717) is 5.92 Å². The lowest BCUT2D eigenvalue weighted by atomic mass is 9.97. The zero-order valence-electron chi connectivity index (χ0n) is 17.0. The van der Waals surface area contributed by atoms with Gasteiger partial charge in [0, 0.05) is 10.6 Å². The molecule has 2 atom stereocenters. The summed E-state index contributed by atoms with van der Waals surface area (Å²) < 4.78 is 0. The summed E-state index contributed by atoms with van der Waals surface area (Å²) in [5.41, 5.74) is 2.80. The Bertz CT molecular complexity index is 810. The van der Waals surface area contributed by atoms with Crippen LogP contribution in [0.3, 0.4) is 0 Å². The lowest BCUT2D eigenvalue weighted by Gasteiger charge is -2.17. The average Bonchev–Trinajstić information content (AvgIpc) is 2.67. The molecule has 0 aliphatic heterocycles. The fourth-order valence-corrected chi connectivity index (χ4v) is 3.56. The normalized spacial score (nSPS) is 12.9. The molecule has 0 bridgehead atoms. The van der Waals surface area contributed by atoms with Gasteiger partial charge in [-0.05, 0) is 42.4 Å². The number of nitrogens with one attached hydrogen (secondary N) is 3. The summed E-state index contributed by atoms with van der Waals surface area (Å²) in [6.07, 6.45) is 2.99. The number of amides is 2. The van der Waals surface area contributed by atoms with E-state index in [1.54, 1.807) is 11.8 Å².